The largest absolute Gasteiger partial charge is 0.482 e. The van der Waals surface area contributed by atoms with Gasteiger partial charge in [-0.3, -0.25) is 10.1 Å². The minimum Gasteiger partial charge on any atom is -0.482 e. The highest BCUT2D eigenvalue weighted by Crippen LogP contribution is 2.41. The number of hydrogen-bond donors (Lipinski definition) is 0. The third-order valence-electron chi connectivity index (χ3n) is 4.29. The molecule has 0 N–H and O–H groups in total. The second-order valence-electron chi connectivity index (χ2n) is 6.70. The van der Waals surface area contributed by atoms with E-state index in [1.165, 1.54) is 31.4 Å². The number of nitro benzene ring substituents is 1. The summed E-state index contributed by atoms with van der Waals surface area (Å²) in [5, 5.41) is 10.8. The van der Waals surface area contributed by atoms with E-state index < -0.39 is 44.9 Å². The van der Waals surface area contributed by atoms with Crippen molar-refractivity contribution < 1.29 is 46.2 Å². The Morgan fingerprint density at radius 2 is 1.71 bits per heavy atom. The van der Waals surface area contributed by atoms with Crippen LogP contribution in [0.1, 0.15) is 5.56 Å². The predicted molar refractivity (Wildman–Crippen MR) is 114 cm³/mol. The third kappa shape index (κ3) is 6.51. The fourth-order valence-electron chi connectivity index (χ4n) is 2.69. The van der Waals surface area contributed by atoms with Crippen LogP contribution >= 0.6 is 11.6 Å². The lowest BCUT2D eigenvalue weighted by molar-refractivity contribution is -0.385. The predicted octanol–water partition coefficient (Wildman–Crippen LogP) is 6.54. The summed E-state index contributed by atoms with van der Waals surface area (Å²) in [7, 11) is 1.18. The molecular formula is C22H14ClF4NO7. The number of esters is 1. The van der Waals surface area contributed by atoms with Gasteiger partial charge in [0.15, 0.2) is 18.2 Å². The molecule has 35 heavy (non-hydrogen) atoms. The van der Waals surface area contributed by atoms with Gasteiger partial charge in [0.2, 0.25) is 5.75 Å². The molecule has 3 aromatic rings. The molecule has 0 unspecified atom stereocenters. The Kier molecular flexibility index (Phi) is 7.65. The summed E-state index contributed by atoms with van der Waals surface area (Å²) in [6.07, 6.45) is -4.83. The van der Waals surface area contributed by atoms with Gasteiger partial charge in [0, 0.05) is 18.2 Å². The first-order valence-corrected chi connectivity index (χ1v) is 9.86. The molecule has 0 aliphatic carbocycles. The molecule has 0 amide bonds. The van der Waals surface area contributed by atoms with Crippen LogP contribution in [0, 0.1) is 15.9 Å². The van der Waals surface area contributed by atoms with Crippen molar-refractivity contribution in [2.75, 3.05) is 13.7 Å². The van der Waals surface area contributed by atoms with Crippen molar-refractivity contribution in [1.29, 1.82) is 0 Å². The summed E-state index contributed by atoms with van der Waals surface area (Å²) in [6, 6.07) is 9.60. The second kappa shape index (κ2) is 10.5. The summed E-state index contributed by atoms with van der Waals surface area (Å²) in [5.41, 5.74) is -1.80. The minimum atomic E-state index is -4.83. The molecule has 13 heteroatoms. The van der Waals surface area contributed by atoms with Gasteiger partial charge in [0.1, 0.15) is 17.2 Å². The van der Waals surface area contributed by atoms with Crippen molar-refractivity contribution in [3.05, 3.63) is 81.1 Å². The minimum absolute atomic E-state index is 0.0753. The summed E-state index contributed by atoms with van der Waals surface area (Å²) >= 11 is 5.77. The Morgan fingerprint density at radius 1 is 1.03 bits per heavy atom. The number of carbonyl (C=O) groups excluding carboxylic acids is 1. The summed E-state index contributed by atoms with van der Waals surface area (Å²) in [5.74, 6) is -3.00. The molecule has 0 aliphatic heterocycles. The number of halogens is 5. The number of carbonyl (C=O) groups is 1. The number of nitrogens with zero attached hydrogens (tertiary/aromatic N) is 1. The van der Waals surface area contributed by atoms with E-state index in [0.29, 0.717) is 6.07 Å². The van der Waals surface area contributed by atoms with Crippen molar-refractivity contribution in [3.8, 4) is 28.7 Å². The van der Waals surface area contributed by atoms with E-state index in [2.05, 4.69) is 4.74 Å². The molecule has 0 bridgehead atoms. The van der Waals surface area contributed by atoms with Crippen molar-refractivity contribution in [3.63, 3.8) is 0 Å². The average molecular weight is 516 g/mol. The fourth-order valence-corrected chi connectivity index (χ4v) is 2.93. The number of nitro groups is 1. The first-order chi connectivity index (χ1) is 16.5. The standard InChI is InChI=1S/C22H14ClF4NO7/c1-32-20(29)11-33-13-3-2-4-14(9-13)34-19-10-15(5-6-18(19)28(30)31)35-21-16(23)7-12(8-17(21)24)22(25,26)27/h2-10H,11H2,1H3. The number of ether oxygens (including phenoxy) is 4. The van der Waals surface area contributed by atoms with E-state index in [1.807, 2.05) is 0 Å². The summed E-state index contributed by atoms with van der Waals surface area (Å²) < 4.78 is 73.3. The first kappa shape index (κ1) is 25.6. The first-order valence-electron chi connectivity index (χ1n) is 9.48. The molecule has 8 nitrogen and oxygen atoms in total. The van der Waals surface area contributed by atoms with Crippen LogP contribution in [-0.2, 0) is 15.7 Å². The van der Waals surface area contributed by atoms with Gasteiger partial charge in [0.05, 0.1) is 22.6 Å². The van der Waals surface area contributed by atoms with Gasteiger partial charge in [-0.05, 0) is 30.3 Å². The Bertz CT molecular complexity index is 1240. The molecular weight excluding hydrogens is 502 g/mol. The molecule has 0 radical (unpaired) electrons. The topological polar surface area (TPSA) is 97.1 Å². The third-order valence-corrected chi connectivity index (χ3v) is 4.57. The molecule has 184 valence electrons. The summed E-state index contributed by atoms with van der Waals surface area (Å²) in [4.78, 5) is 21.9. The van der Waals surface area contributed by atoms with E-state index in [9.17, 15) is 32.5 Å². The van der Waals surface area contributed by atoms with Crippen LogP contribution in [0.2, 0.25) is 5.02 Å². The van der Waals surface area contributed by atoms with Gasteiger partial charge in [0.25, 0.3) is 0 Å². The lowest BCUT2D eigenvalue weighted by atomic mass is 10.2. The quantitative estimate of drug-likeness (QED) is 0.145. The lowest BCUT2D eigenvalue weighted by Crippen LogP contribution is -2.12. The zero-order valence-corrected chi connectivity index (χ0v) is 18.4. The van der Waals surface area contributed by atoms with Crippen molar-refractivity contribution >= 4 is 23.3 Å². The number of methoxy groups -OCH3 is 1. The Balaban J connectivity index is 1.89. The zero-order valence-electron chi connectivity index (χ0n) is 17.6. The maximum atomic E-state index is 14.3. The van der Waals surface area contributed by atoms with Gasteiger partial charge >= 0.3 is 17.8 Å². The second-order valence-corrected chi connectivity index (χ2v) is 7.10. The van der Waals surface area contributed by atoms with Gasteiger partial charge < -0.3 is 18.9 Å². The van der Waals surface area contributed by atoms with E-state index in [4.69, 9.17) is 25.8 Å². The highest BCUT2D eigenvalue weighted by Gasteiger charge is 2.33. The van der Waals surface area contributed by atoms with Crippen LogP contribution in [0.4, 0.5) is 23.2 Å². The van der Waals surface area contributed by atoms with E-state index in [0.717, 1.165) is 18.2 Å². The van der Waals surface area contributed by atoms with Crippen LogP contribution in [0.25, 0.3) is 0 Å². The van der Waals surface area contributed by atoms with Crippen LogP contribution < -0.4 is 14.2 Å². The monoisotopic (exact) mass is 515 g/mol. The number of alkyl halides is 3. The SMILES string of the molecule is COC(=O)COc1cccc(Oc2cc(Oc3c(F)cc(C(F)(F)F)cc3Cl)ccc2[N+](=O)[O-])c1. The van der Waals surface area contributed by atoms with Gasteiger partial charge in [-0.2, -0.15) is 13.2 Å². The molecule has 3 aromatic carbocycles. The number of hydrogen-bond acceptors (Lipinski definition) is 7. The fraction of sp³-hybridized carbons (Fsp3) is 0.136. The van der Waals surface area contributed by atoms with Crippen LogP contribution in [0.5, 0.6) is 28.7 Å². The van der Waals surface area contributed by atoms with E-state index in [-0.39, 0.29) is 35.7 Å². The Labute approximate surface area is 199 Å². The van der Waals surface area contributed by atoms with Crippen molar-refractivity contribution in [2.45, 2.75) is 6.18 Å². The van der Waals surface area contributed by atoms with Crippen LogP contribution in [0.15, 0.2) is 54.6 Å². The van der Waals surface area contributed by atoms with E-state index >= 15 is 0 Å². The van der Waals surface area contributed by atoms with E-state index in [1.54, 1.807) is 0 Å². The van der Waals surface area contributed by atoms with Crippen molar-refractivity contribution in [2.24, 2.45) is 0 Å². The number of rotatable bonds is 8. The average Bonchev–Trinajstić information content (AvgIpc) is 2.79. The molecule has 0 aliphatic rings. The Morgan fingerprint density at radius 3 is 2.34 bits per heavy atom. The number of benzene rings is 3. The molecule has 0 fully saturated rings. The highest BCUT2D eigenvalue weighted by atomic mass is 35.5. The van der Waals surface area contributed by atoms with Crippen molar-refractivity contribution in [1.82, 2.24) is 0 Å². The smallest absolute Gasteiger partial charge is 0.416 e. The maximum Gasteiger partial charge on any atom is 0.416 e. The molecule has 3 rings (SSSR count). The molecule has 0 saturated heterocycles. The Hall–Kier alpha value is -4.06. The van der Waals surface area contributed by atoms with Crippen LogP contribution in [0.3, 0.4) is 0 Å². The molecule has 0 heterocycles. The van der Waals surface area contributed by atoms with Gasteiger partial charge in [-0.1, -0.05) is 17.7 Å². The van der Waals surface area contributed by atoms with Gasteiger partial charge in [-0.15, -0.1) is 0 Å². The zero-order chi connectivity index (χ0) is 25.8. The maximum absolute atomic E-state index is 14.3. The molecule has 0 spiro atoms. The lowest BCUT2D eigenvalue weighted by Gasteiger charge is -2.13. The molecule has 0 atom stereocenters. The van der Waals surface area contributed by atoms with Gasteiger partial charge in [-0.25, -0.2) is 9.18 Å². The normalized spacial score (nSPS) is 11.0. The van der Waals surface area contributed by atoms with Crippen LogP contribution in [-0.4, -0.2) is 24.6 Å². The summed E-state index contributed by atoms with van der Waals surface area (Å²) in [6.45, 7) is -0.386. The highest BCUT2D eigenvalue weighted by molar-refractivity contribution is 6.32. The molecule has 0 aromatic heterocycles. The molecule has 0 saturated carbocycles.